The van der Waals surface area contributed by atoms with Gasteiger partial charge >= 0.3 is 0 Å². The minimum Gasteiger partial charge on any atom is -0.227 e. The van der Waals surface area contributed by atoms with Gasteiger partial charge in [-0.05, 0) is 30.7 Å². The van der Waals surface area contributed by atoms with Crippen molar-refractivity contribution in [3.05, 3.63) is 35.9 Å². The summed E-state index contributed by atoms with van der Waals surface area (Å²) in [5.74, 6) is 0.509. The number of nitrogens with zero attached hydrogens (tertiary/aromatic N) is 6. The van der Waals surface area contributed by atoms with Gasteiger partial charge in [-0.25, -0.2) is 4.68 Å². The molecule has 0 unspecified atom stereocenters. The average molecular weight is 286 g/mol. The van der Waals surface area contributed by atoms with Crippen molar-refractivity contribution >= 4 is 12.6 Å². The summed E-state index contributed by atoms with van der Waals surface area (Å²) in [6.07, 6.45) is 0. The second kappa shape index (κ2) is 5.09. The predicted molar refractivity (Wildman–Crippen MR) is 78.0 cm³/mol. The van der Waals surface area contributed by atoms with E-state index in [9.17, 15) is 0 Å². The highest BCUT2D eigenvalue weighted by Gasteiger charge is 2.13. The van der Waals surface area contributed by atoms with E-state index in [0.29, 0.717) is 18.1 Å². The largest absolute Gasteiger partial charge is 0.227 e. The normalized spacial score (nSPS) is 10.9. The van der Waals surface area contributed by atoms with E-state index in [2.05, 4.69) is 33.1 Å². The van der Waals surface area contributed by atoms with Gasteiger partial charge in [0.05, 0.1) is 17.3 Å². The summed E-state index contributed by atoms with van der Waals surface area (Å²) in [7, 11) is 0. The van der Waals surface area contributed by atoms with Crippen molar-refractivity contribution in [3.8, 4) is 17.2 Å². The number of aromatic nitrogens is 6. The molecule has 7 heteroatoms. The Bertz CT molecular complexity index is 745. The Labute approximate surface area is 121 Å². The fourth-order valence-electron chi connectivity index (χ4n) is 1.94. The zero-order chi connectivity index (χ0) is 14.1. The van der Waals surface area contributed by atoms with Crippen molar-refractivity contribution in [1.29, 1.82) is 0 Å². The summed E-state index contributed by atoms with van der Waals surface area (Å²) in [5, 5.41) is 17.5. The first-order valence-electron chi connectivity index (χ1n) is 6.32. The SMILES string of the molecule is CCn1nnc(-c2cc(S)n(-c3ccccc3C)n2)n1. The monoisotopic (exact) mass is 286 g/mol. The molecule has 0 saturated carbocycles. The molecule has 3 aromatic rings. The summed E-state index contributed by atoms with van der Waals surface area (Å²) in [6, 6.07) is 9.85. The molecule has 0 aliphatic heterocycles. The van der Waals surface area contributed by atoms with E-state index < -0.39 is 0 Å². The maximum atomic E-state index is 4.52. The molecule has 0 saturated heterocycles. The summed E-state index contributed by atoms with van der Waals surface area (Å²) >= 11 is 4.48. The number of benzene rings is 1. The third-order valence-electron chi connectivity index (χ3n) is 3.00. The lowest BCUT2D eigenvalue weighted by Crippen LogP contribution is -2.00. The maximum Gasteiger partial charge on any atom is 0.225 e. The molecule has 0 aliphatic carbocycles. The average Bonchev–Trinajstić information content (AvgIpc) is 3.06. The number of hydrogen-bond acceptors (Lipinski definition) is 5. The minimum absolute atomic E-state index is 0.509. The van der Waals surface area contributed by atoms with Crippen LogP contribution < -0.4 is 0 Å². The van der Waals surface area contributed by atoms with Crippen LogP contribution in [0.4, 0.5) is 0 Å². The molecular formula is C13H14N6S. The van der Waals surface area contributed by atoms with Crippen molar-refractivity contribution in [3.63, 3.8) is 0 Å². The minimum atomic E-state index is 0.509. The molecule has 20 heavy (non-hydrogen) atoms. The van der Waals surface area contributed by atoms with Crippen molar-refractivity contribution in [2.45, 2.75) is 25.4 Å². The Morgan fingerprint density at radius 3 is 2.70 bits per heavy atom. The van der Waals surface area contributed by atoms with Crippen molar-refractivity contribution in [2.24, 2.45) is 0 Å². The zero-order valence-electron chi connectivity index (χ0n) is 11.2. The molecule has 6 nitrogen and oxygen atoms in total. The highest BCUT2D eigenvalue weighted by atomic mass is 32.1. The van der Waals surface area contributed by atoms with E-state index in [-0.39, 0.29) is 0 Å². The highest BCUT2D eigenvalue weighted by molar-refractivity contribution is 7.80. The second-order valence-corrected chi connectivity index (χ2v) is 4.85. The van der Waals surface area contributed by atoms with Gasteiger partial charge in [0.2, 0.25) is 5.82 Å². The first-order chi connectivity index (χ1) is 9.69. The molecule has 1 aromatic carbocycles. The smallest absolute Gasteiger partial charge is 0.225 e. The van der Waals surface area contributed by atoms with Crippen LogP contribution in [0.1, 0.15) is 12.5 Å². The van der Waals surface area contributed by atoms with Gasteiger partial charge in [-0.1, -0.05) is 18.2 Å². The van der Waals surface area contributed by atoms with Gasteiger partial charge in [-0.15, -0.1) is 22.8 Å². The van der Waals surface area contributed by atoms with Gasteiger partial charge < -0.3 is 0 Å². The number of thiol groups is 1. The fraction of sp³-hybridized carbons (Fsp3) is 0.231. The lowest BCUT2D eigenvalue weighted by atomic mass is 10.2. The fourth-order valence-corrected chi connectivity index (χ4v) is 2.21. The van der Waals surface area contributed by atoms with E-state index in [0.717, 1.165) is 16.3 Å². The molecule has 2 aromatic heterocycles. The lowest BCUT2D eigenvalue weighted by molar-refractivity contribution is 0.552. The summed E-state index contributed by atoms with van der Waals surface area (Å²) in [6.45, 7) is 4.68. The van der Waals surface area contributed by atoms with Crippen LogP contribution in [0.3, 0.4) is 0 Å². The van der Waals surface area contributed by atoms with Crippen molar-refractivity contribution in [2.75, 3.05) is 0 Å². The molecule has 0 radical (unpaired) electrons. The molecule has 0 aliphatic rings. The second-order valence-electron chi connectivity index (χ2n) is 4.39. The van der Waals surface area contributed by atoms with Crippen LogP contribution in [0.15, 0.2) is 35.4 Å². The van der Waals surface area contributed by atoms with E-state index in [1.165, 1.54) is 4.80 Å². The molecule has 102 valence electrons. The van der Waals surface area contributed by atoms with E-state index in [1.54, 1.807) is 4.68 Å². The molecular weight excluding hydrogens is 272 g/mol. The standard InChI is InChI=1S/C13H14N6S/c1-3-18-16-13(14-17-18)10-8-12(20)19(15-10)11-7-5-4-6-9(11)2/h4-8,20H,3H2,1-2H3. The predicted octanol–water partition coefficient (Wildman–Crippen LogP) is 2.14. The number of rotatable bonds is 3. The molecule has 0 N–H and O–H groups in total. The van der Waals surface area contributed by atoms with Crippen LogP contribution in [0, 0.1) is 6.92 Å². The van der Waals surface area contributed by atoms with Crippen LogP contribution in [0.2, 0.25) is 0 Å². The molecule has 2 heterocycles. The van der Waals surface area contributed by atoms with Crippen molar-refractivity contribution < 1.29 is 0 Å². The van der Waals surface area contributed by atoms with Crippen molar-refractivity contribution in [1.82, 2.24) is 30.0 Å². The molecule has 3 rings (SSSR count). The van der Waals surface area contributed by atoms with Gasteiger partial charge in [-0.2, -0.15) is 9.90 Å². The van der Waals surface area contributed by atoms with E-state index in [4.69, 9.17) is 0 Å². The van der Waals surface area contributed by atoms with Crippen LogP contribution in [-0.4, -0.2) is 30.0 Å². The number of hydrogen-bond donors (Lipinski definition) is 1. The van der Waals surface area contributed by atoms with E-state index >= 15 is 0 Å². The first kappa shape index (κ1) is 12.9. The van der Waals surface area contributed by atoms with Gasteiger partial charge in [0, 0.05) is 6.07 Å². The van der Waals surface area contributed by atoms with E-state index in [1.807, 2.05) is 44.2 Å². The van der Waals surface area contributed by atoms with Crippen LogP contribution in [0.25, 0.3) is 17.2 Å². The van der Waals surface area contributed by atoms with Crippen LogP contribution in [-0.2, 0) is 6.54 Å². The van der Waals surface area contributed by atoms with Crippen LogP contribution in [0.5, 0.6) is 0 Å². The molecule has 0 bridgehead atoms. The highest BCUT2D eigenvalue weighted by Crippen LogP contribution is 2.22. The summed E-state index contributed by atoms with van der Waals surface area (Å²) in [4.78, 5) is 1.53. The Kier molecular flexibility index (Phi) is 3.27. The van der Waals surface area contributed by atoms with Gasteiger partial charge in [-0.3, -0.25) is 0 Å². The van der Waals surface area contributed by atoms with Gasteiger partial charge in [0.15, 0.2) is 0 Å². The number of aryl methyl sites for hydroxylation is 2. The number of para-hydroxylation sites is 1. The third kappa shape index (κ3) is 2.20. The Morgan fingerprint density at radius 2 is 2.00 bits per heavy atom. The molecule has 0 fully saturated rings. The number of tetrazole rings is 1. The van der Waals surface area contributed by atoms with Crippen LogP contribution >= 0.6 is 12.6 Å². The van der Waals surface area contributed by atoms with Gasteiger partial charge in [0.1, 0.15) is 5.69 Å². The Morgan fingerprint density at radius 1 is 1.20 bits per heavy atom. The molecule has 0 atom stereocenters. The van der Waals surface area contributed by atoms with Gasteiger partial charge in [0.25, 0.3) is 0 Å². The topological polar surface area (TPSA) is 61.4 Å². The Balaban J connectivity index is 2.05. The zero-order valence-corrected chi connectivity index (χ0v) is 12.1. The summed E-state index contributed by atoms with van der Waals surface area (Å²) in [5.41, 5.74) is 2.78. The molecule has 0 amide bonds. The Hall–Kier alpha value is -2.15. The maximum absolute atomic E-state index is 4.52. The third-order valence-corrected chi connectivity index (χ3v) is 3.32. The first-order valence-corrected chi connectivity index (χ1v) is 6.77. The quantitative estimate of drug-likeness (QED) is 0.749. The summed E-state index contributed by atoms with van der Waals surface area (Å²) < 4.78 is 1.78. The lowest BCUT2D eigenvalue weighted by Gasteiger charge is -2.06. The molecule has 0 spiro atoms.